The number of rotatable bonds is 12. The van der Waals surface area contributed by atoms with Gasteiger partial charge in [-0.05, 0) is 206 Å². The lowest BCUT2D eigenvalue weighted by Crippen LogP contribution is -2.67. The zero-order chi connectivity index (χ0) is 54.5. The van der Waals surface area contributed by atoms with Crippen molar-refractivity contribution in [3.05, 3.63) is 118 Å². The highest BCUT2D eigenvalue weighted by Gasteiger charge is 2.66. The van der Waals surface area contributed by atoms with Crippen LogP contribution < -0.4 is 26.4 Å². The molecule has 1 spiro atoms. The Hall–Kier alpha value is -5.42. The molecule has 17 atom stereocenters. The van der Waals surface area contributed by atoms with Gasteiger partial charge in [0.1, 0.15) is 11.2 Å². The zero-order valence-electron chi connectivity index (χ0n) is 46.5. The number of carbonyl (C=O) groups is 2. The summed E-state index contributed by atoms with van der Waals surface area (Å²) in [5.41, 5.74) is 12.6. The van der Waals surface area contributed by atoms with Crippen molar-refractivity contribution in [2.24, 2.45) is 58.5 Å². The van der Waals surface area contributed by atoms with Gasteiger partial charge in [0.25, 0.3) is 0 Å². The lowest BCUT2D eigenvalue weighted by atomic mass is 9.40. The average molecular weight is 1070 g/mol. The normalized spacial score (nSPS) is 35.4. The van der Waals surface area contributed by atoms with E-state index in [0.717, 1.165) is 66.2 Å². The Morgan fingerprint density at radius 2 is 1.68 bits per heavy atom. The number of nitrogens with two attached hydrogens (primary N) is 1. The van der Waals surface area contributed by atoms with Gasteiger partial charge in [0, 0.05) is 67.0 Å². The van der Waals surface area contributed by atoms with Gasteiger partial charge in [-0.3, -0.25) is 9.59 Å². The van der Waals surface area contributed by atoms with Gasteiger partial charge >= 0.3 is 0 Å². The minimum atomic E-state index is -1.32. The molecule has 0 amide bonds. The van der Waals surface area contributed by atoms with Crippen molar-refractivity contribution in [3.8, 4) is 23.3 Å². The summed E-state index contributed by atoms with van der Waals surface area (Å²) in [6.07, 6.45) is 11.4. The van der Waals surface area contributed by atoms with E-state index < -0.39 is 29.6 Å². The maximum Gasteiger partial charge on any atom is 0.160 e. The van der Waals surface area contributed by atoms with Crippen molar-refractivity contribution in [2.45, 2.75) is 164 Å². The molecule has 1 saturated heterocycles. The number of Topliss-reactive ketones (excluding diaryl/α,β-unsaturated/α-hetero) is 2. The quantitative estimate of drug-likeness (QED) is 0.0614. The van der Waals surface area contributed by atoms with Crippen LogP contribution in [-0.4, -0.2) is 93.6 Å². The Labute approximate surface area is 466 Å². The highest BCUT2D eigenvalue weighted by Crippen LogP contribution is 2.68. The molecule has 7 aliphatic carbocycles. The number of aliphatic hydroxyl groups is 3. The van der Waals surface area contributed by atoms with Crippen LogP contribution >= 0.6 is 0 Å². The highest BCUT2D eigenvalue weighted by atomic mass is 16.5. The molecule has 79 heavy (non-hydrogen) atoms. The first kappa shape index (κ1) is 52.9. The number of ether oxygens (including phenoxy) is 1. The van der Waals surface area contributed by atoms with Crippen LogP contribution in [0.3, 0.4) is 0 Å². The lowest BCUT2D eigenvalue weighted by molar-refractivity contribution is -0.165. The van der Waals surface area contributed by atoms with Crippen molar-refractivity contribution >= 4 is 22.3 Å². The number of aromatic hydroxyl groups is 1. The number of nitrogens with one attached hydrogen (secondary N) is 4. The molecule has 0 radical (unpaired) electrons. The summed E-state index contributed by atoms with van der Waals surface area (Å²) in [4.78, 5) is 32.5. The SMILES string of the molecule is CCC1=C(C(CC(O)C(O)CC2C#CC3(CCC4C(CCC5C6CNC7CC(=O)CC8c9cc[nH]c9C(C(CNC9(C)CCCC9)C54)C6C78)C3O)C(=O)CCc3cc(OC)c(O)cc32)c2ccc3ccccc3c2)C=C(N)NC1. The molecule has 3 heterocycles. The van der Waals surface area contributed by atoms with Crippen LogP contribution in [0.1, 0.15) is 155 Å². The van der Waals surface area contributed by atoms with E-state index in [1.807, 2.05) is 18.2 Å². The number of dihydropyridines is 1. The number of phenols is 1. The third-order valence-corrected chi connectivity index (χ3v) is 22.5. The van der Waals surface area contributed by atoms with Gasteiger partial charge in [-0.15, -0.1) is 0 Å². The van der Waals surface area contributed by atoms with E-state index >= 15 is 4.79 Å². The van der Waals surface area contributed by atoms with Gasteiger partial charge in [-0.2, -0.15) is 0 Å². The summed E-state index contributed by atoms with van der Waals surface area (Å²) in [6, 6.07) is 20.6. The summed E-state index contributed by atoms with van der Waals surface area (Å²) >= 11 is 0. The van der Waals surface area contributed by atoms with Gasteiger partial charge in [0.05, 0.1) is 31.2 Å². The molecule has 12 nitrogen and oxygen atoms in total. The first-order valence-electron chi connectivity index (χ1n) is 30.3. The molecule has 10 N–H and O–H groups in total. The van der Waals surface area contributed by atoms with Crippen LogP contribution in [0.15, 0.2) is 89.9 Å². The fourth-order valence-corrected chi connectivity index (χ4v) is 18.7. The number of benzene rings is 3. The summed E-state index contributed by atoms with van der Waals surface area (Å²) in [5, 5.41) is 63.2. The van der Waals surface area contributed by atoms with Crippen molar-refractivity contribution in [1.82, 2.24) is 20.9 Å². The molecule has 4 aromatic rings. The number of aromatic nitrogens is 1. The number of allylic oxidation sites excluding steroid dienone is 2. The third kappa shape index (κ3) is 9.08. The molecule has 418 valence electrons. The van der Waals surface area contributed by atoms with Crippen molar-refractivity contribution < 1.29 is 34.8 Å². The molecule has 5 saturated carbocycles. The van der Waals surface area contributed by atoms with Crippen LogP contribution in [0.25, 0.3) is 10.8 Å². The van der Waals surface area contributed by atoms with Gasteiger partial charge in [-0.25, -0.2) is 0 Å². The molecule has 2 aliphatic heterocycles. The number of methoxy groups -OCH3 is 1. The van der Waals surface area contributed by atoms with Crippen molar-refractivity contribution in [2.75, 3.05) is 26.7 Å². The number of aryl methyl sites for hydroxylation is 1. The maximum absolute atomic E-state index is 15.3. The van der Waals surface area contributed by atoms with E-state index in [9.17, 15) is 25.2 Å². The number of H-pyrrole nitrogens is 1. The predicted octanol–water partition coefficient (Wildman–Crippen LogP) is 8.90. The average Bonchev–Trinajstić information content (AvgIpc) is 3.82. The standard InChI is InChI=1S/C67H83N5O7/c1-4-36-33-71-59(68)32-49(36)48(39-12-11-37-9-5-6-10-38(37)25-39)31-55(75)54(74)26-41-17-22-67(58(77)16-13-40-27-57(79-3)56(76)30-47(40)41)23-18-44-46(65(67)78)15-14-43-51-34-70-53-29-42(73)28-50-45-19-24-69-64(45)63(62(51)61(50)53)52(60(43)44)35-72-66(2)20-7-8-21-66/h5-6,9-12,19,24-25,27,30,32,41,43-44,46,48,50-55,60-63,65,69-72,74-76,78H,4,7-8,13-16,18,20-21,23,26,28-29,31,33-35,68H2,1-3H3. The summed E-state index contributed by atoms with van der Waals surface area (Å²) < 4.78 is 5.63. The Bertz CT molecular complexity index is 3140. The van der Waals surface area contributed by atoms with E-state index in [1.54, 1.807) is 12.1 Å². The maximum atomic E-state index is 15.3. The number of hydrogen-bond donors (Lipinski definition) is 9. The minimum Gasteiger partial charge on any atom is -0.504 e. The molecule has 17 unspecified atom stereocenters. The molecule has 12 heteroatoms. The molecule has 0 bridgehead atoms. The van der Waals surface area contributed by atoms with Crippen LogP contribution in [0, 0.1) is 64.6 Å². The smallest absolute Gasteiger partial charge is 0.160 e. The van der Waals surface area contributed by atoms with Crippen LogP contribution in [-0.2, 0) is 16.0 Å². The van der Waals surface area contributed by atoms with Gasteiger partial charge in [0.15, 0.2) is 17.3 Å². The summed E-state index contributed by atoms with van der Waals surface area (Å²) in [5.74, 6) is 10.3. The fourth-order valence-electron chi connectivity index (χ4n) is 18.7. The second-order valence-corrected chi connectivity index (χ2v) is 26.3. The first-order valence-corrected chi connectivity index (χ1v) is 30.3. The fraction of sp³-hybridized carbons (Fsp3) is 0.582. The van der Waals surface area contributed by atoms with E-state index in [0.29, 0.717) is 96.6 Å². The number of aromatic amines is 1. The molecule has 6 fully saturated rings. The van der Waals surface area contributed by atoms with E-state index in [4.69, 9.17) is 10.5 Å². The second-order valence-electron chi connectivity index (χ2n) is 26.3. The van der Waals surface area contributed by atoms with Crippen LogP contribution in [0.2, 0.25) is 0 Å². The molecule has 3 aromatic carbocycles. The lowest BCUT2D eigenvalue weighted by Gasteiger charge is -2.66. The number of aliphatic hydroxyl groups excluding tert-OH is 3. The van der Waals surface area contributed by atoms with Crippen molar-refractivity contribution in [3.63, 3.8) is 0 Å². The van der Waals surface area contributed by atoms with Crippen LogP contribution in [0.4, 0.5) is 0 Å². The molecule has 13 rings (SSSR count). The summed E-state index contributed by atoms with van der Waals surface area (Å²) in [6.45, 7) is 6.97. The molecule has 9 aliphatic rings. The highest BCUT2D eigenvalue weighted by molar-refractivity contribution is 5.89. The molecular weight excluding hydrogens is 987 g/mol. The third-order valence-electron chi connectivity index (χ3n) is 22.5. The Kier molecular flexibility index (Phi) is 14.0. The first-order chi connectivity index (χ1) is 38.3. The topological polar surface area (TPSA) is 202 Å². The van der Waals surface area contributed by atoms with E-state index in [-0.39, 0.29) is 66.0 Å². The number of phenolic OH excluding ortho intramolecular Hbond substituents is 1. The number of carbonyl (C=O) groups excluding carboxylic acids is 2. The van der Waals surface area contributed by atoms with Crippen LogP contribution in [0.5, 0.6) is 11.5 Å². The number of piperidine rings is 1. The monoisotopic (exact) mass is 1070 g/mol. The Morgan fingerprint density at radius 3 is 2.49 bits per heavy atom. The van der Waals surface area contributed by atoms with Gasteiger partial charge in [-0.1, -0.05) is 74.1 Å². The molecular formula is C67H83N5O7. The van der Waals surface area contributed by atoms with Gasteiger partial charge < -0.3 is 51.8 Å². The van der Waals surface area contributed by atoms with Crippen molar-refractivity contribution in [1.29, 1.82) is 0 Å². The minimum absolute atomic E-state index is 0.0376. The predicted molar refractivity (Wildman–Crippen MR) is 306 cm³/mol. The summed E-state index contributed by atoms with van der Waals surface area (Å²) in [7, 11) is 1.51. The number of ketones is 2. The zero-order valence-corrected chi connectivity index (χ0v) is 46.5. The largest absolute Gasteiger partial charge is 0.504 e. The van der Waals surface area contributed by atoms with Gasteiger partial charge in [0.2, 0.25) is 0 Å². The molecule has 1 aromatic heterocycles. The van der Waals surface area contributed by atoms with E-state index in [1.165, 1.54) is 49.6 Å². The second kappa shape index (κ2) is 20.8. The Balaban J connectivity index is 0.834. The number of hydrogen-bond acceptors (Lipinski definition) is 11. The number of fused-ring (bicyclic) bond motifs is 9. The Morgan fingerprint density at radius 1 is 0.886 bits per heavy atom. The van der Waals surface area contributed by atoms with E-state index in [2.05, 4.69) is 89.2 Å².